The van der Waals surface area contributed by atoms with E-state index in [0.717, 1.165) is 5.01 Å². The monoisotopic (exact) mass is 492 g/mol. The van der Waals surface area contributed by atoms with Crippen molar-refractivity contribution in [1.29, 1.82) is 0 Å². The van der Waals surface area contributed by atoms with E-state index >= 15 is 0 Å². The lowest BCUT2D eigenvalue weighted by atomic mass is 9.97. The number of hydrogen-bond acceptors (Lipinski definition) is 9. The zero-order valence-corrected chi connectivity index (χ0v) is 20.3. The highest BCUT2D eigenvalue weighted by Crippen LogP contribution is 2.40. The maximum Gasteiger partial charge on any atom is 0.426 e. The molecule has 1 fully saturated rings. The molecule has 0 radical (unpaired) electrons. The molecule has 12 heteroatoms. The van der Waals surface area contributed by atoms with Crippen LogP contribution in [0.1, 0.15) is 51.5 Å². The fourth-order valence-corrected chi connectivity index (χ4v) is 4.66. The van der Waals surface area contributed by atoms with E-state index in [9.17, 15) is 14.4 Å². The Morgan fingerprint density at radius 3 is 2.38 bits per heavy atom. The average molecular weight is 493 g/mol. The number of carbonyl (C=O) groups excluding carboxylic acids is 3. The molecule has 2 heterocycles. The van der Waals surface area contributed by atoms with Crippen LogP contribution in [0.15, 0.2) is 17.5 Å². The molecule has 2 aromatic rings. The number of carbonyl (C=O) groups is 3. The molecule has 0 atom stereocenters. The molecule has 3 amide bonds. The fourth-order valence-electron chi connectivity index (χ4n) is 3.69. The predicted octanol–water partition coefficient (Wildman–Crippen LogP) is 2.58. The predicted molar refractivity (Wildman–Crippen MR) is 124 cm³/mol. The smallest absolute Gasteiger partial charge is 0.426 e. The van der Waals surface area contributed by atoms with Gasteiger partial charge in [0.1, 0.15) is 5.69 Å². The molecule has 1 saturated heterocycles. The molecule has 1 aliphatic rings. The number of hydrazine groups is 1. The highest BCUT2D eigenvalue weighted by molar-refractivity contribution is 7.09. The van der Waals surface area contributed by atoms with Crippen molar-refractivity contribution in [2.45, 2.75) is 25.7 Å². The van der Waals surface area contributed by atoms with Gasteiger partial charge in [0, 0.05) is 24.4 Å². The number of hydrogen-bond donors (Lipinski definition) is 2. The van der Waals surface area contributed by atoms with E-state index in [1.54, 1.807) is 29.3 Å². The highest BCUT2D eigenvalue weighted by atomic mass is 32.1. The molecule has 0 saturated carbocycles. The van der Waals surface area contributed by atoms with Crippen LogP contribution in [0.4, 0.5) is 4.79 Å². The van der Waals surface area contributed by atoms with Crippen molar-refractivity contribution in [3.05, 3.63) is 33.8 Å². The Morgan fingerprint density at radius 1 is 1.06 bits per heavy atom. The third kappa shape index (κ3) is 5.50. The van der Waals surface area contributed by atoms with Crippen LogP contribution in [0.25, 0.3) is 0 Å². The average Bonchev–Trinajstić information content (AvgIpc) is 3.36. The SMILES string of the molecule is CCOC(=O)NNC(=O)c1csc(C2CCN(C(=O)c3ccc(OC)c(OC)c3OC)CC2)n1. The number of benzene rings is 1. The van der Waals surface area contributed by atoms with Crippen LogP contribution >= 0.6 is 11.3 Å². The Hall–Kier alpha value is -3.54. The number of thiazole rings is 1. The van der Waals surface area contributed by atoms with Crippen LogP contribution in [0.3, 0.4) is 0 Å². The summed E-state index contributed by atoms with van der Waals surface area (Å²) < 4.78 is 20.8. The molecule has 0 unspecified atom stereocenters. The van der Waals surface area contributed by atoms with Crippen molar-refractivity contribution < 1.29 is 33.3 Å². The highest BCUT2D eigenvalue weighted by Gasteiger charge is 2.30. The summed E-state index contributed by atoms with van der Waals surface area (Å²) in [4.78, 5) is 42.9. The first-order chi connectivity index (χ1) is 16.4. The maximum atomic E-state index is 13.2. The number of likely N-dealkylation sites (tertiary alicyclic amines) is 1. The summed E-state index contributed by atoms with van der Waals surface area (Å²) >= 11 is 1.38. The lowest BCUT2D eigenvalue weighted by molar-refractivity contribution is 0.0708. The number of rotatable bonds is 7. The van der Waals surface area contributed by atoms with Gasteiger partial charge in [0.2, 0.25) is 5.75 Å². The van der Waals surface area contributed by atoms with E-state index in [2.05, 4.69) is 15.8 Å². The molecular formula is C22H28N4O7S. The minimum absolute atomic E-state index is 0.126. The normalized spacial score (nSPS) is 13.7. The molecule has 1 aromatic carbocycles. The summed E-state index contributed by atoms with van der Waals surface area (Å²) in [5.41, 5.74) is 5.04. The first-order valence-electron chi connectivity index (χ1n) is 10.7. The second kappa shape index (κ2) is 11.5. The number of methoxy groups -OCH3 is 3. The second-order valence-corrected chi connectivity index (χ2v) is 8.21. The van der Waals surface area contributed by atoms with Gasteiger partial charge in [-0.3, -0.25) is 15.0 Å². The maximum absolute atomic E-state index is 13.2. The summed E-state index contributed by atoms with van der Waals surface area (Å²) in [7, 11) is 4.50. The molecule has 0 bridgehead atoms. The first-order valence-corrected chi connectivity index (χ1v) is 11.6. The van der Waals surface area contributed by atoms with Gasteiger partial charge < -0.3 is 23.8 Å². The molecular weight excluding hydrogens is 464 g/mol. The van der Waals surface area contributed by atoms with Gasteiger partial charge in [-0.15, -0.1) is 11.3 Å². The van der Waals surface area contributed by atoms with Crippen LogP contribution < -0.4 is 25.1 Å². The van der Waals surface area contributed by atoms with E-state index < -0.39 is 12.0 Å². The number of ether oxygens (including phenoxy) is 4. The van der Waals surface area contributed by atoms with Crippen LogP contribution in [0.2, 0.25) is 0 Å². The number of nitrogens with one attached hydrogen (secondary N) is 2. The zero-order valence-electron chi connectivity index (χ0n) is 19.5. The van der Waals surface area contributed by atoms with Crippen molar-refractivity contribution in [3.63, 3.8) is 0 Å². The summed E-state index contributed by atoms with van der Waals surface area (Å²) in [6.45, 7) is 2.93. The minimum atomic E-state index is -0.741. The molecule has 1 aromatic heterocycles. The molecule has 1 aliphatic heterocycles. The lowest BCUT2D eigenvalue weighted by Gasteiger charge is -2.31. The van der Waals surface area contributed by atoms with E-state index in [0.29, 0.717) is 48.7 Å². The quantitative estimate of drug-likeness (QED) is 0.565. The lowest BCUT2D eigenvalue weighted by Crippen LogP contribution is -2.42. The van der Waals surface area contributed by atoms with Crippen LogP contribution in [0.5, 0.6) is 17.2 Å². The number of aromatic nitrogens is 1. The Bertz CT molecular complexity index is 1030. The van der Waals surface area contributed by atoms with Crippen molar-refractivity contribution in [2.24, 2.45) is 0 Å². The van der Waals surface area contributed by atoms with E-state index in [1.807, 2.05) is 0 Å². The van der Waals surface area contributed by atoms with Gasteiger partial charge in [-0.2, -0.15) is 0 Å². The summed E-state index contributed by atoms with van der Waals surface area (Å²) in [6, 6.07) is 3.35. The third-order valence-electron chi connectivity index (χ3n) is 5.37. The largest absolute Gasteiger partial charge is 0.493 e. The molecule has 3 rings (SSSR count). The molecule has 34 heavy (non-hydrogen) atoms. The van der Waals surface area contributed by atoms with Gasteiger partial charge in [0.25, 0.3) is 11.8 Å². The van der Waals surface area contributed by atoms with Gasteiger partial charge in [-0.05, 0) is 31.9 Å². The van der Waals surface area contributed by atoms with Crippen molar-refractivity contribution in [1.82, 2.24) is 20.7 Å². The Kier molecular flexibility index (Phi) is 8.52. The standard InChI is InChI=1S/C22H28N4O7S/c1-5-33-22(29)25-24-19(27)15-12-34-20(23-15)13-8-10-26(11-9-13)21(28)14-6-7-16(30-2)18(32-4)17(14)31-3/h6-7,12-13H,5,8-11H2,1-4H3,(H,24,27)(H,25,29). The zero-order chi connectivity index (χ0) is 24.7. The van der Waals surface area contributed by atoms with Crippen molar-refractivity contribution in [3.8, 4) is 17.2 Å². The molecule has 11 nitrogen and oxygen atoms in total. The van der Waals surface area contributed by atoms with Gasteiger partial charge in [0.15, 0.2) is 11.5 Å². The van der Waals surface area contributed by atoms with Crippen molar-refractivity contribution in [2.75, 3.05) is 41.0 Å². The Labute approximate surface area is 201 Å². The van der Waals surface area contributed by atoms with Crippen LogP contribution in [-0.2, 0) is 4.74 Å². The van der Waals surface area contributed by atoms with Crippen LogP contribution in [-0.4, -0.2) is 68.8 Å². The van der Waals surface area contributed by atoms with Gasteiger partial charge >= 0.3 is 6.09 Å². The van der Waals surface area contributed by atoms with Gasteiger partial charge in [-0.1, -0.05) is 0 Å². The molecule has 0 aliphatic carbocycles. The third-order valence-corrected chi connectivity index (χ3v) is 6.38. The molecule has 2 N–H and O–H groups in total. The fraction of sp³-hybridized carbons (Fsp3) is 0.455. The topological polar surface area (TPSA) is 128 Å². The van der Waals surface area contributed by atoms with Crippen LogP contribution in [0, 0.1) is 0 Å². The van der Waals surface area contributed by atoms with E-state index in [1.165, 1.54) is 32.7 Å². The molecule has 184 valence electrons. The minimum Gasteiger partial charge on any atom is -0.493 e. The second-order valence-electron chi connectivity index (χ2n) is 7.32. The summed E-state index contributed by atoms with van der Waals surface area (Å²) in [6.07, 6.45) is 0.669. The molecule has 0 spiro atoms. The first kappa shape index (κ1) is 25.1. The summed E-state index contributed by atoms with van der Waals surface area (Å²) in [5.74, 6) is 0.638. The Morgan fingerprint density at radius 2 is 1.76 bits per heavy atom. The Balaban J connectivity index is 1.61. The number of piperidine rings is 1. The van der Waals surface area contributed by atoms with E-state index in [-0.39, 0.29) is 24.1 Å². The van der Waals surface area contributed by atoms with Gasteiger partial charge in [-0.25, -0.2) is 15.2 Å². The van der Waals surface area contributed by atoms with E-state index in [4.69, 9.17) is 18.9 Å². The summed E-state index contributed by atoms with van der Waals surface area (Å²) in [5, 5.41) is 2.46. The van der Waals surface area contributed by atoms with Crippen molar-refractivity contribution >= 4 is 29.2 Å². The number of nitrogens with zero attached hydrogens (tertiary/aromatic N) is 2. The number of amides is 3. The van der Waals surface area contributed by atoms with Gasteiger partial charge in [0.05, 0.1) is 38.5 Å².